The average molecular weight is 292 g/mol. The van der Waals surface area contributed by atoms with Crippen LogP contribution in [-0.4, -0.2) is 60.4 Å². The summed E-state index contributed by atoms with van der Waals surface area (Å²) in [7, 11) is -3.98. The first-order valence-electron chi connectivity index (χ1n) is 4.72. The van der Waals surface area contributed by atoms with Gasteiger partial charge in [-0.2, -0.15) is 0 Å². The lowest BCUT2D eigenvalue weighted by Gasteiger charge is -1.98. The number of hydrogen-bond acceptors (Lipinski definition) is 4. The van der Waals surface area contributed by atoms with E-state index in [1.807, 2.05) is 0 Å². The zero-order valence-corrected chi connectivity index (χ0v) is 14.7. The molecule has 0 rings (SSSR count). The van der Waals surface area contributed by atoms with Gasteiger partial charge in [0.05, 0.1) is 14.3 Å². The van der Waals surface area contributed by atoms with Gasteiger partial charge in [-0.25, -0.2) is 0 Å². The van der Waals surface area contributed by atoms with Gasteiger partial charge in [0, 0.05) is 20.4 Å². The van der Waals surface area contributed by atoms with Crippen LogP contribution in [0.3, 0.4) is 0 Å². The quantitative estimate of drug-likeness (QED) is 0.692. The van der Waals surface area contributed by atoms with Gasteiger partial charge in [0.1, 0.15) is 0 Å². The van der Waals surface area contributed by atoms with Crippen LogP contribution >= 0.6 is 21.7 Å². The first kappa shape index (κ1) is 21.9. The summed E-state index contributed by atoms with van der Waals surface area (Å²) in [5.74, 6) is 0. The Hall–Kier alpha value is 0.650. The van der Waals surface area contributed by atoms with Gasteiger partial charge in [0.2, 0.25) is 0 Å². The van der Waals surface area contributed by atoms with Gasteiger partial charge in [-0.05, 0) is 40.0 Å². The van der Waals surface area contributed by atoms with Gasteiger partial charge in [0.15, 0.2) is 7.37 Å². The standard InChI is InChI=1S/C3H9O2P.2C3H9OP/c1-5-6(2,3)4;2*1-5(2,3)4/h1-3H3;2*1-3H3. The van der Waals surface area contributed by atoms with Crippen LogP contribution in [0, 0.1) is 0 Å². The van der Waals surface area contributed by atoms with Crippen LogP contribution < -0.4 is 0 Å². The third-order valence-corrected chi connectivity index (χ3v) is 1.32. The van der Waals surface area contributed by atoms with Crippen molar-refractivity contribution >= 4 is 21.7 Å². The molecule has 7 heteroatoms. The van der Waals surface area contributed by atoms with Crippen molar-refractivity contribution in [2.45, 2.75) is 0 Å². The van der Waals surface area contributed by atoms with Crippen molar-refractivity contribution in [2.24, 2.45) is 0 Å². The topological polar surface area (TPSA) is 60.4 Å². The molecule has 0 N–H and O–H groups in total. The molecule has 0 amide bonds. The van der Waals surface area contributed by atoms with Crippen LogP contribution in [0.2, 0.25) is 0 Å². The van der Waals surface area contributed by atoms with Crippen molar-refractivity contribution in [1.82, 2.24) is 0 Å². The summed E-state index contributed by atoms with van der Waals surface area (Å²) < 4.78 is 35.3. The molecule has 0 bridgehead atoms. The van der Waals surface area contributed by atoms with E-state index in [-0.39, 0.29) is 0 Å². The summed E-state index contributed by atoms with van der Waals surface area (Å²) in [6.45, 7) is 13.6. The van der Waals surface area contributed by atoms with E-state index in [2.05, 4.69) is 4.52 Å². The Labute approximate surface area is 101 Å². The predicted molar refractivity (Wildman–Crippen MR) is 77.2 cm³/mol. The molecule has 0 saturated carbocycles. The van der Waals surface area contributed by atoms with E-state index in [1.54, 1.807) is 53.3 Å². The highest BCUT2D eigenvalue weighted by atomic mass is 31.2. The fraction of sp³-hybridized carbons (Fsp3) is 1.00. The van der Waals surface area contributed by atoms with Crippen molar-refractivity contribution < 1.29 is 18.2 Å². The molecule has 0 saturated heterocycles. The van der Waals surface area contributed by atoms with Gasteiger partial charge in [-0.15, -0.1) is 0 Å². The van der Waals surface area contributed by atoms with E-state index in [1.165, 1.54) is 7.11 Å². The largest absolute Gasteiger partial charge is 0.332 e. The lowest BCUT2D eigenvalue weighted by atomic mass is 11.8. The summed E-state index contributed by atoms with van der Waals surface area (Å²) in [5.41, 5.74) is 0. The molecule has 0 aromatic rings. The lowest BCUT2D eigenvalue weighted by molar-refractivity contribution is 0.404. The maximum absolute atomic E-state index is 10.4. The Bertz CT molecular complexity index is 257. The van der Waals surface area contributed by atoms with Crippen LogP contribution in [0.15, 0.2) is 0 Å². The zero-order chi connectivity index (χ0) is 14.2. The van der Waals surface area contributed by atoms with E-state index in [9.17, 15) is 13.7 Å². The normalized spacial score (nSPS) is 11.8. The summed E-state index contributed by atoms with van der Waals surface area (Å²) in [4.78, 5) is 0. The minimum absolute atomic E-state index is 1.45. The van der Waals surface area contributed by atoms with Crippen molar-refractivity contribution in [3.8, 4) is 0 Å². The lowest BCUT2D eigenvalue weighted by Crippen LogP contribution is -1.74. The highest BCUT2D eigenvalue weighted by molar-refractivity contribution is 7.61. The van der Waals surface area contributed by atoms with E-state index >= 15 is 0 Å². The molecule has 0 spiro atoms. The van der Waals surface area contributed by atoms with Crippen molar-refractivity contribution in [2.75, 3.05) is 60.4 Å². The Morgan fingerprint density at radius 1 is 0.625 bits per heavy atom. The molecule has 102 valence electrons. The monoisotopic (exact) mass is 292 g/mol. The molecule has 0 aliphatic heterocycles. The summed E-state index contributed by atoms with van der Waals surface area (Å²) >= 11 is 0. The van der Waals surface area contributed by atoms with Crippen molar-refractivity contribution in [3.63, 3.8) is 0 Å². The molecule has 0 aliphatic carbocycles. The Morgan fingerprint density at radius 3 is 0.688 bits per heavy atom. The fourth-order valence-corrected chi connectivity index (χ4v) is 0. The Kier molecular flexibility index (Phi) is 11.9. The molecule has 0 heterocycles. The molecule has 0 atom stereocenters. The minimum atomic E-state index is -2.15. The molecule has 0 fully saturated rings. The number of rotatable bonds is 1. The van der Waals surface area contributed by atoms with Crippen LogP contribution in [0.4, 0.5) is 0 Å². The maximum Gasteiger partial charge on any atom is 0.196 e. The molecule has 16 heavy (non-hydrogen) atoms. The van der Waals surface area contributed by atoms with Crippen molar-refractivity contribution in [3.05, 3.63) is 0 Å². The molecule has 0 aliphatic rings. The smallest absolute Gasteiger partial charge is 0.196 e. The Balaban J connectivity index is -0.000000160. The van der Waals surface area contributed by atoms with Gasteiger partial charge in [-0.1, -0.05) is 0 Å². The van der Waals surface area contributed by atoms with Crippen molar-refractivity contribution in [1.29, 1.82) is 0 Å². The third-order valence-electron chi connectivity index (χ3n) is 0.440. The molecule has 0 aromatic carbocycles. The second-order valence-corrected chi connectivity index (χ2v) is 15.6. The summed E-state index contributed by atoms with van der Waals surface area (Å²) in [6.07, 6.45) is 0. The summed E-state index contributed by atoms with van der Waals surface area (Å²) in [5, 5.41) is 0. The second kappa shape index (κ2) is 8.70. The SMILES string of the molecule is COP(C)(C)=O.CP(C)(C)=O.CP(C)(C)=O. The van der Waals surface area contributed by atoms with Crippen LogP contribution in [0.1, 0.15) is 0 Å². The Morgan fingerprint density at radius 2 is 0.688 bits per heavy atom. The fourth-order valence-electron chi connectivity index (χ4n) is 0. The zero-order valence-electron chi connectivity index (χ0n) is 12.0. The molecule has 0 radical (unpaired) electrons. The van der Waals surface area contributed by atoms with E-state index in [0.29, 0.717) is 0 Å². The summed E-state index contributed by atoms with van der Waals surface area (Å²) in [6, 6.07) is 0. The maximum atomic E-state index is 10.4. The highest BCUT2D eigenvalue weighted by Crippen LogP contribution is 2.35. The van der Waals surface area contributed by atoms with Gasteiger partial charge in [0.25, 0.3) is 0 Å². The molecule has 4 nitrogen and oxygen atoms in total. The highest BCUT2D eigenvalue weighted by Gasteiger charge is 1.99. The molecular formula is C9H27O4P3. The minimum Gasteiger partial charge on any atom is -0.332 e. The average Bonchev–Trinajstić information content (AvgIpc) is 1.77. The first-order valence-corrected chi connectivity index (χ1v) is 13.3. The first-order chi connectivity index (χ1) is 6.56. The molecule has 0 aromatic heterocycles. The van der Waals surface area contributed by atoms with Crippen LogP contribution in [0.5, 0.6) is 0 Å². The third kappa shape index (κ3) is 205. The molecule has 0 unspecified atom stereocenters. The van der Waals surface area contributed by atoms with E-state index < -0.39 is 21.7 Å². The predicted octanol–water partition coefficient (Wildman–Crippen LogP) is 3.65. The second-order valence-electron chi connectivity index (χ2n) is 5.21. The van der Waals surface area contributed by atoms with Gasteiger partial charge >= 0.3 is 0 Å². The van der Waals surface area contributed by atoms with E-state index in [0.717, 1.165) is 0 Å². The van der Waals surface area contributed by atoms with Gasteiger partial charge in [-0.3, -0.25) is 4.57 Å². The van der Waals surface area contributed by atoms with Crippen LogP contribution in [0.25, 0.3) is 0 Å². The number of hydrogen-bond donors (Lipinski definition) is 0. The van der Waals surface area contributed by atoms with Gasteiger partial charge < -0.3 is 13.7 Å². The van der Waals surface area contributed by atoms with Crippen LogP contribution in [-0.2, 0) is 18.2 Å². The van der Waals surface area contributed by atoms with E-state index in [4.69, 9.17) is 0 Å². The molecular weight excluding hydrogens is 265 g/mol.